The van der Waals surface area contributed by atoms with Crippen LogP contribution in [0.15, 0.2) is 28.0 Å². The molecule has 0 aliphatic heterocycles. The van der Waals surface area contributed by atoms with Crippen molar-refractivity contribution in [3.8, 4) is 0 Å². The van der Waals surface area contributed by atoms with Gasteiger partial charge in [0.25, 0.3) is 10.1 Å². The molecule has 0 N–H and O–H groups in total. The van der Waals surface area contributed by atoms with Gasteiger partial charge in [-0.3, -0.25) is 8.75 Å². The van der Waals surface area contributed by atoms with Crippen LogP contribution in [0, 0.1) is 6.92 Å². The summed E-state index contributed by atoms with van der Waals surface area (Å²) >= 11 is 1.41. The first-order valence-electron chi connectivity index (χ1n) is 7.69. The molecule has 0 amide bonds. The van der Waals surface area contributed by atoms with Gasteiger partial charge >= 0.3 is 7.60 Å². The van der Waals surface area contributed by atoms with Gasteiger partial charge in [-0.1, -0.05) is 19.1 Å². The van der Waals surface area contributed by atoms with Crippen LogP contribution in [0.25, 0.3) is 0 Å². The van der Waals surface area contributed by atoms with E-state index < -0.39 is 24.1 Å². The summed E-state index contributed by atoms with van der Waals surface area (Å²) in [6, 6.07) is 5.21. The van der Waals surface area contributed by atoms with Crippen LogP contribution >= 0.6 is 19.4 Å². The molecule has 0 aliphatic rings. The second kappa shape index (κ2) is 9.36. The fourth-order valence-corrected chi connectivity index (χ4v) is 6.48. The number of hydrogen-bond donors (Lipinski definition) is 0. The lowest BCUT2D eigenvalue weighted by Gasteiger charge is -2.20. The molecule has 0 aromatic heterocycles. The Hall–Kier alpha value is -0.370. The Bertz CT molecular complexity index is 687. The smallest absolute Gasteiger partial charge is 0.307 e. The zero-order valence-corrected chi connectivity index (χ0v) is 17.2. The van der Waals surface area contributed by atoms with Gasteiger partial charge in [-0.05, 0) is 45.1 Å². The summed E-state index contributed by atoms with van der Waals surface area (Å²) in [5.41, 5.74) is 0.574. The highest BCUT2D eigenvalue weighted by molar-refractivity contribution is 8.00. The van der Waals surface area contributed by atoms with Gasteiger partial charge in [-0.15, -0.1) is 11.8 Å². The van der Waals surface area contributed by atoms with Gasteiger partial charge in [0.1, 0.15) is 4.90 Å². The van der Waals surface area contributed by atoms with E-state index >= 15 is 0 Å². The monoisotopic (exact) mass is 396 g/mol. The van der Waals surface area contributed by atoms with E-state index in [-0.39, 0.29) is 17.6 Å². The van der Waals surface area contributed by atoms with Crippen molar-refractivity contribution in [2.45, 2.75) is 50.5 Å². The van der Waals surface area contributed by atoms with Crippen LogP contribution in [0.4, 0.5) is 0 Å². The van der Waals surface area contributed by atoms with Gasteiger partial charge < -0.3 is 9.05 Å². The Labute approximate surface area is 148 Å². The van der Waals surface area contributed by atoms with Crippen molar-refractivity contribution in [1.29, 1.82) is 0 Å². The normalized spacial score (nSPS) is 14.8. The van der Waals surface area contributed by atoms with Crippen LogP contribution in [0.5, 0.6) is 0 Å². The van der Waals surface area contributed by atoms with Crippen LogP contribution in [-0.2, 0) is 27.9 Å². The molecule has 6 nitrogen and oxygen atoms in total. The Balaban J connectivity index is 3.08. The Morgan fingerprint density at radius 2 is 1.92 bits per heavy atom. The topological polar surface area (TPSA) is 78.9 Å². The van der Waals surface area contributed by atoms with Crippen molar-refractivity contribution in [2.24, 2.45) is 0 Å². The third-order valence-corrected chi connectivity index (χ3v) is 7.34. The number of hydrogen-bond acceptors (Lipinski definition) is 7. The summed E-state index contributed by atoms with van der Waals surface area (Å²) in [4.78, 5) is 0.706. The summed E-state index contributed by atoms with van der Waals surface area (Å²) in [5, 5.41) is 0. The molecule has 0 heterocycles. The minimum Gasteiger partial charge on any atom is -0.307 e. The third-order valence-electron chi connectivity index (χ3n) is 2.79. The van der Waals surface area contributed by atoms with Crippen molar-refractivity contribution in [1.82, 2.24) is 0 Å². The highest BCUT2D eigenvalue weighted by atomic mass is 32.2. The molecule has 1 unspecified atom stereocenters. The maximum atomic E-state index is 12.6. The first-order chi connectivity index (χ1) is 11.1. The van der Waals surface area contributed by atoms with E-state index in [1.807, 2.05) is 6.92 Å². The highest BCUT2D eigenvalue weighted by Crippen LogP contribution is 2.50. The molecule has 138 valence electrons. The van der Waals surface area contributed by atoms with E-state index in [9.17, 15) is 13.0 Å². The van der Waals surface area contributed by atoms with E-state index in [4.69, 9.17) is 13.2 Å². The lowest BCUT2D eigenvalue weighted by Crippen LogP contribution is -2.14. The minimum absolute atomic E-state index is 0.101. The largest absolute Gasteiger partial charge is 0.357 e. The molecule has 0 saturated heterocycles. The summed E-state index contributed by atoms with van der Waals surface area (Å²) in [5.74, 6) is 0.722. The van der Waals surface area contributed by atoms with Crippen LogP contribution in [0.2, 0.25) is 0 Å². The van der Waals surface area contributed by atoms with E-state index in [0.29, 0.717) is 10.5 Å². The van der Waals surface area contributed by atoms with E-state index in [2.05, 4.69) is 0 Å². The van der Waals surface area contributed by atoms with Crippen molar-refractivity contribution < 1.29 is 26.2 Å². The SMILES string of the molecule is CCOP(=O)(COS(=O)(=O)c1c(C)cccc1SCC)OC(C)C. The van der Waals surface area contributed by atoms with E-state index in [0.717, 1.165) is 5.75 Å². The molecule has 1 aromatic carbocycles. The van der Waals surface area contributed by atoms with Gasteiger partial charge in [-0.25, -0.2) is 0 Å². The molecule has 1 aromatic rings. The molecule has 0 aliphatic carbocycles. The second-order valence-corrected chi connectivity index (χ2v) is 10.0. The standard InChI is InChI=1S/C15H25O6PS2/c1-6-19-22(16,21-12(3)4)11-20-24(17,18)15-13(5)9-8-10-14(15)23-7-2/h8-10,12H,6-7,11H2,1-5H3. The molecular formula is C15H25O6PS2. The second-order valence-electron chi connectivity index (χ2n) is 5.22. The molecular weight excluding hydrogens is 371 g/mol. The van der Waals surface area contributed by atoms with Gasteiger partial charge in [0.2, 0.25) is 0 Å². The fourth-order valence-electron chi connectivity index (χ4n) is 2.02. The van der Waals surface area contributed by atoms with Gasteiger partial charge in [0.15, 0.2) is 6.35 Å². The van der Waals surface area contributed by atoms with Gasteiger partial charge in [0, 0.05) is 4.90 Å². The van der Waals surface area contributed by atoms with Crippen LogP contribution in [0.3, 0.4) is 0 Å². The Morgan fingerprint density at radius 3 is 2.46 bits per heavy atom. The fraction of sp³-hybridized carbons (Fsp3) is 0.600. The highest BCUT2D eigenvalue weighted by Gasteiger charge is 2.31. The summed E-state index contributed by atoms with van der Waals surface area (Å²) in [6.07, 6.45) is -1.02. The average molecular weight is 396 g/mol. The zero-order chi connectivity index (χ0) is 18.4. The number of thioether (sulfide) groups is 1. The Kier molecular flexibility index (Phi) is 8.45. The van der Waals surface area contributed by atoms with Gasteiger partial charge in [-0.2, -0.15) is 8.42 Å². The van der Waals surface area contributed by atoms with Crippen molar-refractivity contribution in [3.63, 3.8) is 0 Å². The van der Waals surface area contributed by atoms with E-state index in [1.54, 1.807) is 45.9 Å². The quantitative estimate of drug-likeness (QED) is 0.329. The number of rotatable bonds is 10. The molecule has 0 spiro atoms. The molecule has 0 radical (unpaired) electrons. The maximum Gasteiger partial charge on any atom is 0.357 e. The summed E-state index contributed by atoms with van der Waals surface area (Å²) < 4.78 is 53.2. The first kappa shape index (κ1) is 21.7. The molecule has 0 bridgehead atoms. The predicted octanol–water partition coefficient (Wildman–Crippen LogP) is 4.42. The molecule has 0 fully saturated rings. The third kappa shape index (κ3) is 6.17. The van der Waals surface area contributed by atoms with E-state index in [1.165, 1.54) is 11.8 Å². The van der Waals surface area contributed by atoms with Crippen LogP contribution in [-0.4, -0.2) is 33.2 Å². The molecule has 24 heavy (non-hydrogen) atoms. The summed E-state index contributed by atoms with van der Waals surface area (Å²) in [6.45, 7) is 8.80. The van der Waals surface area contributed by atoms with Crippen molar-refractivity contribution in [3.05, 3.63) is 23.8 Å². The molecule has 1 rings (SSSR count). The predicted molar refractivity (Wildman–Crippen MR) is 96.2 cm³/mol. The van der Waals surface area contributed by atoms with Crippen LogP contribution < -0.4 is 0 Å². The number of aryl methyl sites for hydroxylation is 1. The minimum atomic E-state index is -4.08. The first-order valence-corrected chi connectivity index (χ1v) is 11.8. The van der Waals surface area contributed by atoms with Gasteiger partial charge in [0.05, 0.1) is 12.7 Å². The Morgan fingerprint density at radius 1 is 1.25 bits per heavy atom. The van der Waals surface area contributed by atoms with Crippen molar-refractivity contribution in [2.75, 3.05) is 18.7 Å². The average Bonchev–Trinajstić information content (AvgIpc) is 2.45. The number of benzene rings is 1. The molecule has 0 saturated carbocycles. The molecule has 9 heteroatoms. The lowest BCUT2D eigenvalue weighted by molar-refractivity contribution is 0.158. The summed E-state index contributed by atoms with van der Waals surface area (Å²) in [7, 11) is -7.73. The maximum absolute atomic E-state index is 12.6. The van der Waals surface area contributed by atoms with Crippen LogP contribution in [0.1, 0.15) is 33.3 Å². The zero-order valence-electron chi connectivity index (χ0n) is 14.6. The molecule has 1 atom stereocenters. The van der Waals surface area contributed by atoms with Crippen molar-refractivity contribution >= 4 is 29.5 Å². The lowest BCUT2D eigenvalue weighted by atomic mass is 10.2.